The van der Waals surface area contributed by atoms with Gasteiger partial charge in [-0.05, 0) is 32.6 Å². The average Bonchev–Trinajstić information content (AvgIpc) is 3.25. The van der Waals surface area contributed by atoms with E-state index < -0.39 is 11.9 Å². The molecule has 0 radical (unpaired) electrons. The quantitative estimate of drug-likeness (QED) is 0.878. The van der Waals surface area contributed by atoms with Gasteiger partial charge in [0, 0.05) is 20.2 Å². The van der Waals surface area contributed by atoms with Crippen LogP contribution in [0.5, 0.6) is 5.75 Å². The van der Waals surface area contributed by atoms with Crippen molar-refractivity contribution >= 4 is 6.09 Å². The molecule has 26 heavy (non-hydrogen) atoms. The maximum atomic E-state index is 14.7. The Balaban J connectivity index is 1.87. The molecule has 1 aliphatic carbocycles. The van der Waals surface area contributed by atoms with Crippen LogP contribution in [0.4, 0.5) is 9.18 Å². The summed E-state index contributed by atoms with van der Waals surface area (Å²) in [4.78, 5) is 15.6. The van der Waals surface area contributed by atoms with Gasteiger partial charge in [0.1, 0.15) is 29.4 Å². The van der Waals surface area contributed by atoms with Crippen LogP contribution in [0.3, 0.4) is 0 Å². The monoisotopic (exact) mass is 363 g/mol. The lowest BCUT2D eigenvalue weighted by molar-refractivity contribution is 0.139. The molecule has 140 valence electrons. The Morgan fingerprint density at radius 1 is 1.38 bits per heavy atom. The Morgan fingerprint density at radius 3 is 2.81 bits per heavy atom. The molecule has 2 heterocycles. The number of carbonyl (C=O) groups excluding carboxylic acids is 1. The molecule has 0 saturated heterocycles. The van der Waals surface area contributed by atoms with Crippen molar-refractivity contribution in [2.45, 2.75) is 45.3 Å². The summed E-state index contributed by atoms with van der Waals surface area (Å²) in [6.45, 7) is 1.67. The summed E-state index contributed by atoms with van der Waals surface area (Å²) in [5.41, 5.74) is 1.33. The van der Waals surface area contributed by atoms with Crippen molar-refractivity contribution in [2.75, 3.05) is 7.05 Å². The van der Waals surface area contributed by atoms with Crippen molar-refractivity contribution in [1.29, 1.82) is 0 Å². The molecule has 1 saturated carbocycles. The summed E-state index contributed by atoms with van der Waals surface area (Å²) in [7, 11) is 3.10. The predicted octanol–water partition coefficient (Wildman–Crippen LogP) is 2.50. The molecule has 0 aromatic carbocycles. The number of rotatable bonds is 5. The van der Waals surface area contributed by atoms with Gasteiger partial charge >= 0.3 is 6.09 Å². The Hall–Kier alpha value is -2.71. The maximum Gasteiger partial charge on any atom is 0.407 e. The van der Waals surface area contributed by atoms with Crippen LogP contribution < -0.4 is 10.1 Å². The van der Waals surface area contributed by atoms with Gasteiger partial charge in [-0.2, -0.15) is 0 Å². The third kappa shape index (κ3) is 3.76. The van der Waals surface area contributed by atoms with Crippen molar-refractivity contribution in [2.24, 2.45) is 7.05 Å². The summed E-state index contributed by atoms with van der Waals surface area (Å²) >= 11 is 0. The van der Waals surface area contributed by atoms with Crippen LogP contribution >= 0.6 is 0 Å². The van der Waals surface area contributed by atoms with E-state index in [1.807, 2.05) is 0 Å². The highest BCUT2D eigenvalue weighted by Gasteiger charge is 2.23. The SMILES string of the molecule is CNC(=O)OCc1c(-c2nc(C)c(OC3CCCC3)cc2F)nnn1C. The van der Waals surface area contributed by atoms with E-state index >= 15 is 0 Å². The van der Waals surface area contributed by atoms with E-state index in [2.05, 4.69) is 20.6 Å². The van der Waals surface area contributed by atoms with Crippen LogP contribution in [0.1, 0.15) is 37.1 Å². The van der Waals surface area contributed by atoms with Crippen LogP contribution in [0.15, 0.2) is 6.07 Å². The Morgan fingerprint density at radius 2 is 2.12 bits per heavy atom. The maximum absolute atomic E-state index is 14.7. The number of hydrogen-bond donors (Lipinski definition) is 1. The molecule has 1 N–H and O–H groups in total. The van der Waals surface area contributed by atoms with Gasteiger partial charge in [0.25, 0.3) is 0 Å². The lowest BCUT2D eigenvalue weighted by atomic mass is 10.2. The van der Waals surface area contributed by atoms with Crippen LogP contribution in [-0.2, 0) is 18.4 Å². The molecule has 0 atom stereocenters. The first-order valence-corrected chi connectivity index (χ1v) is 8.56. The van der Waals surface area contributed by atoms with Crippen molar-refractivity contribution in [3.05, 3.63) is 23.3 Å². The molecule has 0 unspecified atom stereocenters. The highest BCUT2D eigenvalue weighted by Crippen LogP contribution is 2.30. The molecular weight excluding hydrogens is 341 g/mol. The second-order valence-electron chi connectivity index (χ2n) is 6.26. The Kier molecular flexibility index (Phi) is 5.34. The van der Waals surface area contributed by atoms with Crippen LogP contribution in [0.25, 0.3) is 11.4 Å². The molecule has 0 aliphatic heterocycles. The van der Waals surface area contributed by atoms with Gasteiger partial charge < -0.3 is 14.8 Å². The van der Waals surface area contributed by atoms with Crippen molar-refractivity contribution < 1.29 is 18.7 Å². The number of ether oxygens (including phenoxy) is 2. The van der Waals surface area contributed by atoms with Gasteiger partial charge in [-0.15, -0.1) is 5.10 Å². The smallest absolute Gasteiger partial charge is 0.407 e. The minimum atomic E-state index is -0.595. The standard InChI is InChI=1S/C17H22FN5O3/c1-10-14(26-11-6-4-5-7-11)8-12(18)15(20-10)16-13(23(3)22-21-16)9-25-17(24)19-2/h8,11H,4-7,9H2,1-3H3,(H,19,24). The molecule has 0 spiro atoms. The van der Waals surface area contributed by atoms with Gasteiger partial charge in [0.05, 0.1) is 11.8 Å². The first-order chi connectivity index (χ1) is 12.5. The number of halogens is 1. The fourth-order valence-electron chi connectivity index (χ4n) is 2.96. The van der Waals surface area contributed by atoms with Gasteiger partial charge in [-0.1, -0.05) is 5.21 Å². The third-order valence-electron chi connectivity index (χ3n) is 4.43. The van der Waals surface area contributed by atoms with E-state index in [-0.39, 0.29) is 24.1 Å². The first-order valence-electron chi connectivity index (χ1n) is 8.56. The van der Waals surface area contributed by atoms with Crippen LogP contribution in [-0.4, -0.2) is 39.2 Å². The second kappa shape index (κ2) is 7.67. The molecule has 8 nitrogen and oxygen atoms in total. The van der Waals surface area contributed by atoms with Gasteiger partial charge in [-0.3, -0.25) is 0 Å². The summed E-state index contributed by atoms with van der Waals surface area (Å²) in [5, 5.41) is 10.2. The number of aromatic nitrogens is 4. The molecule has 9 heteroatoms. The highest BCUT2D eigenvalue weighted by atomic mass is 19.1. The molecule has 0 bridgehead atoms. The van der Waals surface area contributed by atoms with Crippen molar-refractivity contribution in [3.63, 3.8) is 0 Å². The fourth-order valence-corrected chi connectivity index (χ4v) is 2.96. The number of nitrogens with one attached hydrogen (secondary N) is 1. The summed E-state index contributed by atoms with van der Waals surface area (Å²) < 4.78 is 27.1. The van der Waals surface area contributed by atoms with E-state index in [0.717, 1.165) is 25.7 Å². The first kappa shape index (κ1) is 18.1. The number of pyridine rings is 1. The normalized spacial score (nSPS) is 14.5. The number of aryl methyl sites for hydroxylation is 2. The fraction of sp³-hybridized carbons (Fsp3) is 0.529. The highest BCUT2D eigenvalue weighted by molar-refractivity contribution is 5.67. The van der Waals surface area contributed by atoms with E-state index in [9.17, 15) is 9.18 Å². The largest absolute Gasteiger partial charge is 0.488 e. The van der Waals surface area contributed by atoms with Crippen molar-refractivity contribution in [3.8, 4) is 17.1 Å². The molecule has 1 amide bonds. The van der Waals surface area contributed by atoms with Gasteiger partial charge in [-0.25, -0.2) is 18.9 Å². The Bertz CT molecular complexity index is 802. The molecule has 2 aromatic rings. The summed E-state index contributed by atoms with van der Waals surface area (Å²) in [6, 6.07) is 1.34. The third-order valence-corrected chi connectivity index (χ3v) is 4.43. The molecule has 3 rings (SSSR count). The van der Waals surface area contributed by atoms with Gasteiger partial charge in [0.2, 0.25) is 0 Å². The zero-order chi connectivity index (χ0) is 18.7. The minimum absolute atomic E-state index is 0.0601. The van der Waals surface area contributed by atoms with E-state index in [0.29, 0.717) is 17.1 Å². The second-order valence-corrected chi connectivity index (χ2v) is 6.26. The predicted molar refractivity (Wildman–Crippen MR) is 91.1 cm³/mol. The number of nitrogens with zero attached hydrogens (tertiary/aromatic N) is 4. The van der Waals surface area contributed by atoms with E-state index in [4.69, 9.17) is 9.47 Å². The summed E-state index contributed by atoms with van der Waals surface area (Å²) in [6.07, 6.45) is 3.75. The molecule has 1 fully saturated rings. The minimum Gasteiger partial charge on any atom is -0.488 e. The zero-order valence-electron chi connectivity index (χ0n) is 15.1. The number of amides is 1. The molecular formula is C17H22FN5O3. The Labute approximate surface area is 150 Å². The van der Waals surface area contributed by atoms with Gasteiger partial charge in [0.15, 0.2) is 5.82 Å². The van der Waals surface area contributed by atoms with Crippen LogP contribution in [0.2, 0.25) is 0 Å². The number of carbonyl (C=O) groups is 1. The lowest BCUT2D eigenvalue weighted by Crippen LogP contribution is -2.19. The number of hydrogen-bond acceptors (Lipinski definition) is 6. The summed E-state index contributed by atoms with van der Waals surface area (Å²) in [5.74, 6) is -0.101. The number of alkyl carbamates (subject to hydrolysis) is 1. The average molecular weight is 363 g/mol. The topological polar surface area (TPSA) is 91.2 Å². The molecule has 1 aliphatic rings. The van der Waals surface area contributed by atoms with E-state index in [1.54, 1.807) is 14.0 Å². The molecule has 2 aromatic heterocycles. The zero-order valence-corrected chi connectivity index (χ0v) is 15.1. The van der Waals surface area contributed by atoms with Crippen LogP contribution in [0, 0.1) is 12.7 Å². The van der Waals surface area contributed by atoms with Crippen molar-refractivity contribution in [1.82, 2.24) is 25.3 Å². The van der Waals surface area contributed by atoms with E-state index in [1.165, 1.54) is 17.8 Å². The lowest BCUT2D eigenvalue weighted by Gasteiger charge is -2.15.